The number of hydrogen-bond donors (Lipinski definition) is 2. The van der Waals surface area contributed by atoms with Gasteiger partial charge in [0.15, 0.2) is 0 Å². The average Bonchev–Trinajstić information content (AvgIpc) is 2.93. The lowest BCUT2D eigenvalue weighted by atomic mass is 10.2. The highest BCUT2D eigenvalue weighted by Gasteiger charge is 2.32. The normalized spacial score (nSPS) is 32.0. The molecule has 2 N–H and O–H groups in total. The summed E-state index contributed by atoms with van der Waals surface area (Å²) in [7, 11) is 0. The monoisotopic (exact) mass is 282 g/mol. The third kappa shape index (κ3) is 3.69. The molecule has 0 saturated carbocycles. The summed E-state index contributed by atoms with van der Waals surface area (Å²) in [6, 6.07) is 0.628. The summed E-state index contributed by atoms with van der Waals surface area (Å²) in [6.07, 6.45) is 2.72. The lowest BCUT2D eigenvalue weighted by Crippen LogP contribution is -2.52. The van der Waals surface area contributed by atoms with Crippen LogP contribution in [0.3, 0.4) is 0 Å². The summed E-state index contributed by atoms with van der Waals surface area (Å²) in [4.78, 5) is 16.6. The topological polar surface area (TPSA) is 56.8 Å². The highest BCUT2D eigenvalue weighted by Crippen LogP contribution is 2.22. The van der Waals surface area contributed by atoms with Gasteiger partial charge in [-0.25, -0.2) is 0 Å². The molecular weight excluding hydrogens is 256 g/mol. The fourth-order valence-electron chi connectivity index (χ4n) is 3.37. The maximum absolute atomic E-state index is 11.9. The first-order valence-electron chi connectivity index (χ1n) is 7.87. The minimum absolute atomic E-state index is 0.124. The van der Waals surface area contributed by atoms with Crippen molar-refractivity contribution in [3.63, 3.8) is 0 Å². The molecule has 0 spiro atoms. The maximum atomic E-state index is 11.9. The smallest absolute Gasteiger partial charge is 0.234 e. The second-order valence-electron chi connectivity index (χ2n) is 6.08. The van der Waals surface area contributed by atoms with Crippen LogP contribution in [0.1, 0.15) is 12.8 Å². The minimum Gasteiger partial charge on any atom is -0.373 e. The van der Waals surface area contributed by atoms with E-state index in [2.05, 4.69) is 20.4 Å². The zero-order valence-corrected chi connectivity index (χ0v) is 12.1. The first-order valence-corrected chi connectivity index (χ1v) is 7.87. The Morgan fingerprint density at radius 3 is 3.00 bits per heavy atom. The fourth-order valence-corrected chi connectivity index (χ4v) is 3.37. The number of piperazine rings is 1. The van der Waals surface area contributed by atoms with Crippen molar-refractivity contribution in [2.24, 2.45) is 0 Å². The largest absolute Gasteiger partial charge is 0.373 e. The van der Waals surface area contributed by atoms with Gasteiger partial charge in [-0.15, -0.1) is 0 Å². The summed E-state index contributed by atoms with van der Waals surface area (Å²) < 4.78 is 5.85. The van der Waals surface area contributed by atoms with Crippen LogP contribution in [0.4, 0.5) is 0 Å². The summed E-state index contributed by atoms with van der Waals surface area (Å²) in [6.45, 7) is 8.04. The number of morpholine rings is 1. The van der Waals surface area contributed by atoms with Gasteiger partial charge in [0.2, 0.25) is 5.91 Å². The second kappa shape index (κ2) is 6.85. The van der Waals surface area contributed by atoms with Crippen molar-refractivity contribution in [3.05, 3.63) is 0 Å². The van der Waals surface area contributed by atoms with Crippen molar-refractivity contribution >= 4 is 5.91 Å². The summed E-state index contributed by atoms with van der Waals surface area (Å²) >= 11 is 0. The number of carbonyl (C=O) groups is 1. The maximum Gasteiger partial charge on any atom is 0.234 e. The van der Waals surface area contributed by atoms with Gasteiger partial charge in [0.05, 0.1) is 19.3 Å². The number of ether oxygens (including phenoxy) is 1. The van der Waals surface area contributed by atoms with Crippen molar-refractivity contribution in [2.45, 2.75) is 25.0 Å². The molecule has 3 rings (SSSR count). The highest BCUT2D eigenvalue weighted by atomic mass is 16.5. The molecule has 20 heavy (non-hydrogen) atoms. The summed E-state index contributed by atoms with van der Waals surface area (Å²) in [5.74, 6) is 0.124. The van der Waals surface area contributed by atoms with E-state index in [1.54, 1.807) is 0 Å². The summed E-state index contributed by atoms with van der Waals surface area (Å²) in [5.41, 5.74) is 0. The highest BCUT2D eigenvalue weighted by molar-refractivity contribution is 5.78. The van der Waals surface area contributed by atoms with Gasteiger partial charge in [0.1, 0.15) is 0 Å². The molecule has 3 heterocycles. The van der Waals surface area contributed by atoms with Crippen LogP contribution in [0, 0.1) is 0 Å². The molecule has 3 fully saturated rings. The molecule has 0 bridgehead atoms. The zero-order valence-electron chi connectivity index (χ0n) is 12.1. The number of amides is 1. The van der Waals surface area contributed by atoms with Gasteiger partial charge in [0, 0.05) is 45.3 Å². The molecule has 6 nitrogen and oxygen atoms in total. The molecule has 2 unspecified atom stereocenters. The number of nitrogens with zero attached hydrogens (tertiary/aromatic N) is 2. The third-order valence-electron chi connectivity index (χ3n) is 4.57. The van der Waals surface area contributed by atoms with E-state index in [1.165, 1.54) is 19.4 Å². The van der Waals surface area contributed by atoms with E-state index in [0.29, 0.717) is 19.1 Å². The number of nitrogens with one attached hydrogen (secondary N) is 2. The standard InChI is InChI=1S/C14H26N4O2/c19-14(10-17-6-3-15-4-7-17)16-8-13-9-18-5-1-2-12(18)11-20-13/h12-13,15H,1-11H2,(H,16,19). The van der Waals surface area contributed by atoms with Gasteiger partial charge in [-0.1, -0.05) is 0 Å². The van der Waals surface area contributed by atoms with Crippen molar-refractivity contribution in [1.29, 1.82) is 0 Å². The first-order chi connectivity index (χ1) is 9.81. The Morgan fingerprint density at radius 2 is 2.15 bits per heavy atom. The van der Waals surface area contributed by atoms with Crippen LogP contribution >= 0.6 is 0 Å². The van der Waals surface area contributed by atoms with Crippen molar-refractivity contribution in [2.75, 3.05) is 59.0 Å². The fraction of sp³-hybridized carbons (Fsp3) is 0.929. The first kappa shape index (κ1) is 14.3. The predicted molar refractivity (Wildman–Crippen MR) is 76.7 cm³/mol. The molecule has 3 aliphatic rings. The Labute approximate surface area is 120 Å². The van der Waals surface area contributed by atoms with Gasteiger partial charge in [-0.2, -0.15) is 0 Å². The Hall–Kier alpha value is -0.690. The van der Waals surface area contributed by atoms with Crippen molar-refractivity contribution in [3.8, 4) is 0 Å². The van der Waals surface area contributed by atoms with Crippen LogP contribution < -0.4 is 10.6 Å². The molecular formula is C14H26N4O2. The Bertz CT molecular complexity index is 333. The average molecular weight is 282 g/mol. The molecule has 114 valence electrons. The van der Waals surface area contributed by atoms with E-state index in [0.717, 1.165) is 39.3 Å². The van der Waals surface area contributed by atoms with Crippen LogP contribution in [0.5, 0.6) is 0 Å². The van der Waals surface area contributed by atoms with Gasteiger partial charge < -0.3 is 15.4 Å². The van der Waals surface area contributed by atoms with Crippen LogP contribution in [0.15, 0.2) is 0 Å². The van der Waals surface area contributed by atoms with Crippen LogP contribution in [-0.2, 0) is 9.53 Å². The number of hydrogen-bond acceptors (Lipinski definition) is 5. The minimum atomic E-state index is 0.124. The molecule has 0 aromatic carbocycles. The Kier molecular flexibility index (Phi) is 4.88. The Balaban J connectivity index is 1.35. The van der Waals surface area contributed by atoms with Crippen LogP contribution in [-0.4, -0.2) is 86.8 Å². The molecule has 0 radical (unpaired) electrons. The number of fused-ring (bicyclic) bond motifs is 1. The van der Waals surface area contributed by atoms with Crippen LogP contribution in [0.2, 0.25) is 0 Å². The van der Waals surface area contributed by atoms with E-state index in [4.69, 9.17) is 4.74 Å². The van der Waals surface area contributed by atoms with Crippen molar-refractivity contribution < 1.29 is 9.53 Å². The second-order valence-corrected chi connectivity index (χ2v) is 6.08. The van der Waals surface area contributed by atoms with Crippen LogP contribution in [0.25, 0.3) is 0 Å². The van der Waals surface area contributed by atoms with E-state index in [9.17, 15) is 4.79 Å². The van der Waals surface area contributed by atoms with Gasteiger partial charge in [-0.05, 0) is 19.4 Å². The van der Waals surface area contributed by atoms with E-state index >= 15 is 0 Å². The van der Waals surface area contributed by atoms with E-state index in [-0.39, 0.29) is 12.0 Å². The molecule has 0 aromatic heterocycles. The molecule has 1 amide bonds. The lowest BCUT2D eigenvalue weighted by Gasteiger charge is -2.35. The van der Waals surface area contributed by atoms with E-state index in [1.807, 2.05) is 0 Å². The van der Waals surface area contributed by atoms with E-state index < -0.39 is 0 Å². The van der Waals surface area contributed by atoms with Gasteiger partial charge >= 0.3 is 0 Å². The number of carbonyl (C=O) groups excluding carboxylic acids is 1. The van der Waals surface area contributed by atoms with Gasteiger partial charge in [0.25, 0.3) is 0 Å². The lowest BCUT2D eigenvalue weighted by molar-refractivity contribution is -0.123. The summed E-state index contributed by atoms with van der Waals surface area (Å²) in [5, 5.41) is 6.32. The molecule has 6 heteroatoms. The number of rotatable bonds is 4. The zero-order chi connectivity index (χ0) is 13.8. The molecule has 3 aliphatic heterocycles. The molecule has 0 aromatic rings. The quantitative estimate of drug-likeness (QED) is 0.683. The molecule has 2 atom stereocenters. The SMILES string of the molecule is O=C(CN1CCNCC1)NCC1CN2CCCC2CO1. The molecule has 3 saturated heterocycles. The molecule has 0 aliphatic carbocycles. The van der Waals surface area contributed by atoms with Crippen molar-refractivity contribution in [1.82, 2.24) is 20.4 Å². The Morgan fingerprint density at radius 1 is 1.30 bits per heavy atom. The van der Waals surface area contributed by atoms with Gasteiger partial charge in [-0.3, -0.25) is 14.6 Å². The third-order valence-corrected chi connectivity index (χ3v) is 4.57. The predicted octanol–water partition coefficient (Wildman–Crippen LogP) is -1.13.